The molecule has 0 saturated heterocycles. The fourth-order valence-electron chi connectivity index (χ4n) is 1.81. The predicted molar refractivity (Wildman–Crippen MR) is 66.7 cm³/mol. The van der Waals surface area contributed by atoms with Gasteiger partial charge in [0.15, 0.2) is 0 Å². The highest BCUT2D eigenvalue weighted by molar-refractivity contribution is 5.27. The number of hydrogen-bond acceptors (Lipinski definition) is 2. The fourth-order valence-corrected chi connectivity index (χ4v) is 1.81. The maximum absolute atomic E-state index is 13.1. The maximum atomic E-state index is 13.1. The van der Waals surface area contributed by atoms with Gasteiger partial charge in [0.25, 0.3) is 0 Å². The number of ether oxygens (including phenoxy) is 1. The molecule has 6 heteroatoms. The Labute approximate surface area is 115 Å². The van der Waals surface area contributed by atoms with Crippen molar-refractivity contribution in [1.29, 1.82) is 0 Å². The molecule has 0 heterocycles. The van der Waals surface area contributed by atoms with Gasteiger partial charge in [-0.05, 0) is 36.5 Å². The summed E-state index contributed by atoms with van der Waals surface area (Å²) in [5.74, 6) is -0.546. The van der Waals surface area contributed by atoms with E-state index in [9.17, 15) is 17.6 Å². The SMILES string of the molecule is Fc1ccc(CNCCOCC2CC2)cc1C(F)(F)F. The van der Waals surface area contributed by atoms with E-state index < -0.39 is 17.6 Å². The molecule has 1 aromatic rings. The number of benzene rings is 1. The summed E-state index contributed by atoms with van der Waals surface area (Å²) >= 11 is 0. The van der Waals surface area contributed by atoms with Gasteiger partial charge in [-0.3, -0.25) is 0 Å². The fraction of sp³-hybridized carbons (Fsp3) is 0.571. The Morgan fingerprint density at radius 3 is 2.65 bits per heavy atom. The molecule has 0 spiro atoms. The van der Waals surface area contributed by atoms with Crippen molar-refractivity contribution in [2.24, 2.45) is 5.92 Å². The first kappa shape index (κ1) is 15.3. The first-order chi connectivity index (χ1) is 9.47. The van der Waals surface area contributed by atoms with E-state index in [1.54, 1.807) is 0 Å². The average molecular weight is 291 g/mol. The summed E-state index contributed by atoms with van der Waals surface area (Å²) < 4.78 is 56.0. The Kier molecular flexibility index (Phi) is 4.99. The van der Waals surface area contributed by atoms with Crippen molar-refractivity contribution < 1.29 is 22.3 Å². The lowest BCUT2D eigenvalue weighted by Crippen LogP contribution is -2.20. The van der Waals surface area contributed by atoms with Gasteiger partial charge < -0.3 is 10.1 Å². The molecule has 0 aliphatic heterocycles. The summed E-state index contributed by atoms with van der Waals surface area (Å²) in [4.78, 5) is 0. The van der Waals surface area contributed by atoms with E-state index in [0.717, 1.165) is 18.7 Å². The molecular weight excluding hydrogens is 274 g/mol. The second-order valence-corrected chi connectivity index (χ2v) is 5.01. The standard InChI is InChI=1S/C14H17F4NO/c15-13-4-3-11(7-12(13)14(16,17)18)8-19-5-6-20-9-10-1-2-10/h3-4,7,10,19H,1-2,5-6,8-9H2. The third kappa shape index (κ3) is 4.76. The average Bonchev–Trinajstić information content (AvgIpc) is 3.18. The molecule has 112 valence electrons. The molecule has 0 aromatic heterocycles. The Morgan fingerprint density at radius 1 is 1.25 bits per heavy atom. The topological polar surface area (TPSA) is 21.3 Å². The van der Waals surface area contributed by atoms with Crippen molar-refractivity contribution in [1.82, 2.24) is 5.32 Å². The second kappa shape index (κ2) is 6.54. The molecule has 2 nitrogen and oxygen atoms in total. The van der Waals surface area contributed by atoms with Crippen LogP contribution in [0.4, 0.5) is 17.6 Å². The van der Waals surface area contributed by atoms with Gasteiger partial charge >= 0.3 is 6.18 Å². The summed E-state index contributed by atoms with van der Waals surface area (Å²) in [7, 11) is 0. The number of alkyl halides is 3. The van der Waals surface area contributed by atoms with Crippen LogP contribution < -0.4 is 5.32 Å². The Balaban J connectivity index is 1.74. The van der Waals surface area contributed by atoms with Crippen LogP contribution in [0.2, 0.25) is 0 Å². The van der Waals surface area contributed by atoms with Crippen molar-refractivity contribution in [2.75, 3.05) is 19.8 Å². The van der Waals surface area contributed by atoms with Crippen LogP contribution in [-0.4, -0.2) is 19.8 Å². The Bertz CT molecular complexity index is 443. The molecule has 2 rings (SSSR count). The molecule has 1 N–H and O–H groups in total. The normalized spacial score (nSPS) is 15.6. The van der Waals surface area contributed by atoms with E-state index in [-0.39, 0.29) is 6.54 Å². The van der Waals surface area contributed by atoms with Gasteiger partial charge in [-0.15, -0.1) is 0 Å². The first-order valence-electron chi connectivity index (χ1n) is 6.61. The Morgan fingerprint density at radius 2 is 2.00 bits per heavy atom. The van der Waals surface area contributed by atoms with E-state index in [1.165, 1.54) is 18.9 Å². The van der Waals surface area contributed by atoms with Crippen LogP contribution in [0.15, 0.2) is 18.2 Å². The summed E-state index contributed by atoms with van der Waals surface area (Å²) in [6.45, 7) is 2.11. The molecule has 0 unspecified atom stereocenters. The molecule has 1 fully saturated rings. The molecular formula is C14H17F4NO. The summed E-state index contributed by atoms with van der Waals surface area (Å²) in [5, 5.41) is 2.98. The Hall–Kier alpha value is -1.14. The quantitative estimate of drug-likeness (QED) is 0.614. The third-order valence-corrected chi connectivity index (χ3v) is 3.14. The van der Waals surface area contributed by atoms with Crippen molar-refractivity contribution in [3.63, 3.8) is 0 Å². The molecule has 20 heavy (non-hydrogen) atoms. The molecule has 0 amide bonds. The summed E-state index contributed by atoms with van der Waals surface area (Å²) in [5.41, 5.74) is -0.817. The van der Waals surface area contributed by atoms with Crippen molar-refractivity contribution in [3.05, 3.63) is 35.1 Å². The van der Waals surface area contributed by atoms with Crippen molar-refractivity contribution in [2.45, 2.75) is 25.6 Å². The highest BCUT2D eigenvalue weighted by Crippen LogP contribution is 2.31. The van der Waals surface area contributed by atoms with E-state index in [2.05, 4.69) is 5.32 Å². The lowest BCUT2D eigenvalue weighted by molar-refractivity contribution is -0.140. The molecule has 1 aliphatic carbocycles. The smallest absolute Gasteiger partial charge is 0.380 e. The van der Waals surface area contributed by atoms with Crippen LogP contribution in [0.25, 0.3) is 0 Å². The number of nitrogens with one attached hydrogen (secondary N) is 1. The van der Waals surface area contributed by atoms with Crippen molar-refractivity contribution in [3.8, 4) is 0 Å². The van der Waals surface area contributed by atoms with Gasteiger partial charge in [-0.2, -0.15) is 13.2 Å². The minimum atomic E-state index is -4.66. The predicted octanol–water partition coefficient (Wildman–Crippen LogP) is 3.36. The van der Waals surface area contributed by atoms with E-state index in [0.29, 0.717) is 24.6 Å². The minimum Gasteiger partial charge on any atom is -0.380 e. The highest BCUT2D eigenvalue weighted by atomic mass is 19.4. The van der Waals surface area contributed by atoms with E-state index in [1.807, 2.05) is 0 Å². The largest absolute Gasteiger partial charge is 0.419 e. The zero-order valence-corrected chi connectivity index (χ0v) is 11.0. The van der Waals surface area contributed by atoms with Gasteiger partial charge in [0.2, 0.25) is 0 Å². The minimum absolute atomic E-state index is 0.260. The van der Waals surface area contributed by atoms with Crippen LogP contribution in [0.1, 0.15) is 24.0 Å². The molecule has 1 aliphatic rings. The third-order valence-electron chi connectivity index (χ3n) is 3.14. The molecule has 1 aromatic carbocycles. The molecule has 0 bridgehead atoms. The van der Waals surface area contributed by atoms with Crippen LogP contribution in [0.5, 0.6) is 0 Å². The molecule has 0 radical (unpaired) electrons. The van der Waals surface area contributed by atoms with E-state index in [4.69, 9.17) is 4.74 Å². The van der Waals surface area contributed by atoms with Gasteiger partial charge in [0.1, 0.15) is 5.82 Å². The lowest BCUT2D eigenvalue weighted by Gasteiger charge is -2.11. The van der Waals surface area contributed by atoms with Gasteiger partial charge in [-0.1, -0.05) is 6.07 Å². The summed E-state index contributed by atoms with van der Waals surface area (Å²) in [6, 6.07) is 3.04. The summed E-state index contributed by atoms with van der Waals surface area (Å²) in [6.07, 6.45) is -2.21. The van der Waals surface area contributed by atoms with Crippen LogP contribution >= 0.6 is 0 Å². The second-order valence-electron chi connectivity index (χ2n) is 5.01. The molecule has 1 saturated carbocycles. The molecule has 0 atom stereocenters. The highest BCUT2D eigenvalue weighted by Gasteiger charge is 2.34. The van der Waals surface area contributed by atoms with Crippen LogP contribution in [-0.2, 0) is 17.5 Å². The first-order valence-corrected chi connectivity index (χ1v) is 6.61. The van der Waals surface area contributed by atoms with Crippen molar-refractivity contribution >= 4 is 0 Å². The number of rotatable bonds is 7. The lowest BCUT2D eigenvalue weighted by atomic mass is 10.1. The maximum Gasteiger partial charge on any atom is 0.419 e. The van der Waals surface area contributed by atoms with Gasteiger partial charge in [0, 0.05) is 19.7 Å². The zero-order chi connectivity index (χ0) is 14.6. The van der Waals surface area contributed by atoms with Crippen LogP contribution in [0, 0.1) is 11.7 Å². The monoisotopic (exact) mass is 291 g/mol. The number of halogens is 4. The van der Waals surface area contributed by atoms with E-state index >= 15 is 0 Å². The van der Waals surface area contributed by atoms with Crippen LogP contribution in [0.3, 0.4) is 0 Å². The zero-order valence-electron chi connectivity index (χ0n) is 11.0. The van der Waals surface area contributed by atoms with Gasteiger partial charge in [0.05, 0.1) is 12.2 Å². The van der Waals surface area contributed by atoms with Gasteiger partial charge in [-0.25, -0.2) is 4.39 Å². The number of hydrogen-bond donors (Lipinski definition) is 1.